The van der Waals surface area contributed by atoms with Gasteiger partial charge in [-0.3, -0.25) is 24.0 Å². The molecule has 0 radical (unpaired) electrons. The SMILES string of the molecule is CC(=O)N(C)CC(=O)N1CC(=O)C2C1CCN2C(=O)CC(C)CCNC(=O)c1ccc(N)cc1. The summed E-state index contributed by atoms with van der Waals surface area (Å²) in [5.74, 6) is -0.948. The van der Waals surface area contributed by atoms with Crippen LogP contribution in [0.5, 0.6) is 0 Å². The summed E-state index contributed by atoms with van der Waals surface area (Å²) >= 11 is 0. The molecule has 2 aliphatic heterocycles. The standard InChI is InChI=1S/C24H33N5O5/c1-15(8-10-26-24(34)17-4-6-18(25)7-5-17)12-21(32)28-11-9-19-23(28)20(31)13-29(19)22(33)14-27(3)16(2)30/h4-7,15,19,23H,8-14,25H2,1-3H3,(H,26,34). The van der Waals surface area contributed by atoms with Crippen LogP contribution in [0.15, 0.2) is 24.3 Å². The van der Waals surface area contributed by atoms with Gasteiger partial charge in [-0.1, -0.05) is 6.92 Å². The predicted octanol–water partition coefficient (Wildman–Crippen LogP) is 0.274. The van der Waals surface area contributed by atoms with Gasteiger partial charge in [-0.25, -0.2) is 0 Å². The van der Waals surface area contributed by atoms with Crippen LogP contribution in [0, 0.1) is 5.92 Å². The molecule has 2 heterocycles. The summed E-state index contributed by atoms with van der Waals surface area (Å²) in [5, 5.41) is 2.85. The van der Waals surface area contributed by atoms with Crippen LogP contribution in [0.1, 0.15) is 43.5 Å². The highest BCUT2D eigenvalue weighted by atomic mass is 16.2. The topological polar surface area (TPSA) is 133 Å². The molecule has 1 aromatic carbocycles. The highest BCUT2D eigenvalue weighted by molar-refractivity contribution is 5.98. The maximum Gasteiger partial charge on any atom is 0.251 e. The van der Waals surface area contributed by atoms with Gasteiger partial charge in [-0.2, -0.15) is 0 Å². The third-order valence-electron chi connectivity index (χ3n) is 6.59. The molecule has 0 bridgehead atoms. The molecule has 0 saturated carbocycles. The number of ketones is 1. The Labute approximate surface area is 199 Å². The van der Waals surface area contributed by atoms with Crippen LogP contribution in [0.4, 0.5) is 5.69 Å². The van der Waals surface area contributed by atoms with Gasteiger partial charge in [-0.05, 0) is 43.0 Å². The fourth-order valence-electron chi connectivity index (χ4n) is 4.51. The Hall–Kier alpha value is -3.43. The first-order chi connectivity index (χ1) is 16.1. The number of likely N-dealkylation sites (N-methyl/N-ethyl adjacent to an activating group) is 1. The molecule has 184 valence electrons. The maximum absolute atomic E-state index is 13.0. The molecule has 2 fully saturated rings. The molecule has 3 atom stereocenters. The van der Waals surface area contributed by atoms with Crippen LogP contribution in [0.2, 0.25) is 0 Å². The quantitative estimate of drug-likeness (QED) is 0.523. The Kier molecular flexibility index (Phi) is 7.90. The van der Waals surface area contributed by atoms with E-state index >= 15 is 0 Å². The summed E-state index contributed by atoms with van der Waals surface area (Å²) in [6.07, 6.45) is 1.42. The first-order valence-corrected chi connectivity index (χ1v) is 11.6. The minimum absolute atomic E-state index is 0.0109. The fraction of sp³-hybridized carbons (Fsp3) is 0.542. The Morgan fingerprint density at radius 1 is 1.15 bits per heavy atom. The Bertz CT molecular complexity index is 963. The summed E-state index contributed by atoms with van der Waals surface area (Å²) in [4.78, 5) is 66.3. The number of amides is 4. The van der Waals surface area contributed by atoms with Gasteiger partial charge in [0.05, 0.1) is 19.1 Å². The van der Waals surface area contributed by atoms with E-state index in [1.807, 2.05) is 6.92 Å². The number of hydrogen-bond donors (Lipinski definition) is 2. The number of nitrogens with two attached hydrogens (primary N) is 1. The van der Waals surface area contributed by atoms with Crippen molar-refractivity contribution in [2.45, 2.75) is 45.2 Å². The third kappa shape index (κ3) is 5.73. The third-order valence-corrected chi connectivity index (χ3v) is 6.59. The molecular weight excluding hydrogens is 438 g/mol. The zero-order valence-electron chi connectivity index (χ0n) is 20.0. The van der Waals surface area contributed by atoms with Crippen molar-refractivity contribution in [2.24, 2.45) is 5.92 Å². The molecule has 10 heteroatoms. The van der Waals surface area contributed by atoms with Crippen LogP contribution in [0.25, 0.3) is 0 Å². The van der Waals surface area contributed by atoms with Crippen molar-refractivity contribution < 1.29 is 24.0 Å². The van der Waals surface area contributed by atoms with Crippen LogP contribution in [-0.4, -0.2) is 89.4 Å². The summed E-state index contributed by atoms with van der Waals surface area (Å²) in [6.45, 7) is 4.05. The minimum Gasteiger partial charge on any atom is -0.399 e. The molecule has 3 unspecified atom stereocenters. The first-order valence-electron chi connectivity index (χ1n) is 11.6. The maximum atomic E-state index is 13.0. The van der Waals surface area contributed by atoms with Crippen molar-refractivity contribution in [3.8, 4) is 0 Å². The molecule has 2 saturated heterocycles. The Balaban J connectivity index is 1.48. The number of carbonyl (C=O) groups is 5. The zero-order chi connectivity index (χ0) is 25.0. The number of benzene rings is 1. The van der Waals surface area contributed by atoms with Crippen molar-refractivity contribution in [3.63, 3.8) is 0 Å². The second kappa shape index (κ2) is 10.7. The summed E-state index contributed by atoms with van der Waals surface area (Å²) < 4.78 is 0. The van der Waals surface area contributed by atoms with Crippen LogP contribution < -0.4 is 11.1 Å². The summed E-state index contributed by atoms with van der Waals surface area (Å²) in [6, 6.07) is 5.70. The van der Waals surface area contributed by atoms with E-state index < -0.39 is 6.04 Å². The number of rotatable bonds is 8. The van der Waals surface area contributed by atoms with Crippen molar-refractivity contribution in [1.82, 2.24) is 20.0 Å². The number of anilines is 1. The highest BCUT2D eigenvalue weighted by Crippen LogP contribution is 2.31. The lowest BCUT2D eigenvalue weighted by Crippen LogP contribution is -2.45. The number of likely N-dealkylation sites (tertiary alicyclic amines) is 2. The molecule has 34 heavy (non-hydrogen) atoms. The number of Topliss-reactive ketones (excluding diaryl/α,β-unsaturated/α-hetero) is 1. The van der Waals surface area contributed by atoms with Crippen LogP contribution in [-0.2, 0) is 19.2 Å². The number of carbonyl (C=O) groups excluding carboxylic acids is 5. The van der Waals surface area contributed by atoms with Crippen molar-refractivity contribution in [2.75, 3.05) is 39.0 Å². The van der Waals surface area contributed by atoms with E-state index in [-0.39, 0.29) is 60.9 Å². The number of nitrogens with one attached hydrogen (secondary N) is 1. The van der Waals surface area contributed by atoms with E-state index in [4.69, 9.17) is 5.73 Å². The van der Waals surface area contributed by atoms with Gasteiger partial charge in [0.25, 0.3) is 5.91 Å². The molecular formula is C24H33N5O5. The molecule has 10 nitrogen and oxygen atoms in total. The first kappa shape index (κ1) is 25.2. The van der Waals surface area contributed by atoms with Crippen molar-refractivity contribution in [1.29, 1.82) is 0 Å². The predicted molar refractivity (Wildman–Crippen MR) is 126 cm³/mol. The van der Waals surface area contributed by atoms with Crippen LogP contribution in [0.3, 0.4) is 0 Å². The number of nitrogen functional groups attached to an aromatic ring is 1. The Morgan fingerprint density at radius 3 is 2.47 bits per heavy atom. The van der Waals surface area contributed by atoms with E-state index in [0.717, 1.165) is 0 Å². The second-order valence-corrected chi connectivity index (χ2v) is 9.23. The molecule has 1 aromatic rings. The lowest BCUT2D eigenvalue weighted by atomic mass is 10.0. The van der Waals surface area contributed by atoms with E-state index in [1.54, 1.807) is 36.2 Å². The van der Waals surface area contributed by atoms with E-state index in [1.165, 1.54) is 16.7 Å². The summed E-state index contributed by atoms with van der Waals surface area (Å²) in [7, 11) is 1.54. The van der Waals surface area contributed by atoms with Crippen molar-refractivity contribution in [3.05, 3.63) is 29.8 Å². The molecule has 4 amide bonds. The van der Waals surface area contributed by atoms with Gasteiger partial charge in [-0.15, -0.1) is 0 Å². The van der Waals surface area contributed by atoms with Gasteiger partial charge < -0.3 is 25.8 Å². The Morgan fingerprint density at radius 2 is 1.82 bits per heavy atom. The average Bonchev–Trinajstić information content (AvgIpc) is 3.35. The van der Waals surface area contributed by atoms with Gasteiger partial charge in [0.2, 0.25) is 17.7 Å². The molecule has 0 spiro atoms. The number of fused-ring (bicyclic) bond motifs is 1. The highest BCUT2D eigenvalue weighted by Gasteiger charge is 2.51. The molecule has 3 N–H and O–H groups in total. The van der Waals surface area contributed by atoms with Crippen molar-refractivity contribution >= 4 is 35.1 Å². The fourth-order valence-corrected chi connectivity index (χ4v) is 4.51. The monoisotopic (exact) mass is 471 g/mol. The second-order valence-electron chi connectivity index (χ2n) is 9.23. The van der Waals surface area contributed by atoms with E-state index in [9.17, 15) is 24.0 Å². The largest absolute Gasteiger partial charge is 0.399 e. The lowest BCUT2D eigenvalue weighted by molar-refractivity contribution is -0.139. The van der Waals surface area contributed by atoms with Gasteiger partial charge in [0.15, 0.2) is 5.78 Å². The van der Waals surface area contributed by atoms with Gasteiger partial charge in [0.1, 0.15) is 6.04 Å². The number of nitrogens with zero attached hydrogens (tertiary/aromatic N) is 3. The normalized spacial score (nSPS) is 20.1. The minimum atomic E-state index is -0.614. The van der Waals surface area contributed by atoms with Gasteiger partial charge in [0, 0.05) is 44.7 Å². The average molecular weight is 472 g/mol. The van der Waals surface area contributed by atoms with E-state index in [2.05, 4.69) is 5.32 Å². The molecule has 2 aliphatic rings. The smallest absolute Gasteiger partial charge is 0.251 e. The molecule has 0 aromatic heterocycles. The number of hydrogen-bond acceptors (Lipinski definition) is 6. The molecule has 3 rings (SSSR count). The van der Waals surface area contributed by atoms with Crippen LogP contribution >= 0.6 is 0 Å². The van der Waals surface area contributed by atoms with E-state index in [0.29, 0.717) is 37.2 Å². The zero-order valence-corrected chi connectivity index (χ0v) is 20.0. The van der Waals surface area contributed by atoms with Gasteiger partial charge >= 0.3 is 0 Å². The lowest BCUT2D eigenvalue weighted by Gasteiger charge is -2.26. The summed E-state index contributed by atoms with van der Waals surface area (Å²) in [5.41, 5.74) is 6.75. The molecule has 0 aliphatic carbocycles.